The van der Waals surface area contributed by atoms with Crippen molar-refractivity contribution in [2.75, 3.05) is 13.6 Å². The molecule has 1 aliphatic heterocycles. The predicted octanol–water partition coefficient (Wildman–Crippen LogP) is 3.65. The number of piperidine rings is 1. The number of likely N-dealkylation sites (tertiary alicyclic amines) is 1. The molecule has 0 radical (unpaired) electrons. The second-order valence-corrected chi connectivity index (χ2v) is 5.89. The van der Waals surface area contributed by atoms with Crippen molar-refractivity contribution in [2.45, 2.75) is 39.2 Å². The van der Waals surface area contributed by atoms with Crippen LogP contribution in [0.3, 0.4) is 0 Å². The minimum absolute atomic E-state index is 0.539. The minimum atomic E-state index is 0.539. The van der Waals surface area contributed by atoms with Crippen LogP contribution >= 0.6 is 0 Å². The van der Waals surface area contributed by atoms with Crippen LogP contribution in [-0.2, 0) is 0 Å². The van der Waals surface area contributed by atoms with E-state index in [2.05, 4.69) is 65.8 Å². The van der Waals surface area contributed by atoms with Crippen molar-refractivity contribution in [1.82, 2.24) is 14.5 Å². The lowest BCUT2D eigenvalue weighted by Gasteiger charge is -2.32. The lowest BCUT2D eigenvalue weighted by molar-refractivity contribution is 0.187. The van der Waals surface area contributed by atoms with Gasteiger partial charge in [-0.05, 0) is 64.0 Å². The molecule has 0 amide bonds. The first kappa shape index (κ1) is 13.4. The second-order valence-electron chi connectivity index (χ2n) is 5.89. The van der Waals surface area contributed by atoms with E-state index >= 15 is 0 Å². The molecular weight excluding hydrogens is 246 g/mol. The molecule has 0 saturated carbocycles. The summed E-state index contributed by atoms with van der Waals surface area (Å²) in [6.07, 6.45) is 5.95. The van der Waals surface area contributed by atoms with E-state index in [0.717, 1.165) is 5.82 Å². The highest BCUT2D eigenvalue weighted by Gasteiger charge is 2.20. The highest BCUT2D eigenvalue weighted by Crippen LogP contribution is 2.29. The van der Waals surface area contributed by atoms with Crippen molar-refractivity contribution in [3.8, 4) is 5.82 Å². The molecule has 3 heteroatoms. The van der Waals surface area contributed by atoms with Gasteiger partial charge in [-0.1, -0.05) is 12.5 Å². The summed E-state index contributed by atoms with van der Waals surface area (Å²) in [5.41, 5.74) is 3.81. The molecule has 20 heavy (non-hydrogen) atoms. The third-order valence-electron chi connectivity index (χ3n) is 4.43. The van der Waals surface area contributed by atoms with E-state index in [9.17, 15) is 0 Å². The molecule has 1 aliphatic rings. The van der Waals surface area contributed by atoms with Gasteiger partial charge < -0.3 is 4.57 Å². The summed E-state index contributed by atoms with van der Waals surface area (Å²) in [6.45, 7) is 5.44. The van der Waals surface area contributed by atoms with Crippen LogP contribution in [0, 0.1) is 13.8 Å². The number of aryl methyl sites for hydroxylation is 2. The predicted molar refractivity (Wildman–Crippen MR) is 82.3 cm³/mol. The van der Waals surface area contributed by atoms with E-state index in [0.29, 0.717) is 6.04 Å². The number of hydrogen-bond donors (Lipinski definition) is 0. The van der Waals surface area contributed by atoms with Crippen molar-refractivity contribution < 1.29 is 0 Å². The van der Waals surface area contributed by atoms with Crippen LogP contribution in [-0.4, -0.2) is 28.0 Å². The van der Waals surface area contributed by atoms with Crippen LogP contribution in [0.1, 0.15) is 42.3 Å². The molecule has 106 valence electrons. The lowest BCUT2D eigenvalue weighted by atomic mass is 9.97. The fourth-order valence-electron chi connectivity index (χ4n) is 3.25. The van der Waals surface area contributed by atoms with E-state index in [1.807, 2.05) is 0 Å². The topological polar surface area (TPSA) is 21.1 Å². The van der Waals surface area contributed by atoms with E-state index in [1.54, 1.807) is 0 Å². The van der Waals surface area contributed by atoms with Crippen LogP contribution in [0.2, 0.25) is 0 Å². The highest BCUT2D eigenvalue weighted by molar-refractivity contribution is 5.33. The van der Waals surface area contributed by atoms with Crippen LogP contribution in [0.4, 0.5) is 0 Å². The zero-order chi connectivity index (χ0) is 14.1. The van der Waals surface area contributed by atoms with Gasteiger partial charge >= 0.3 is 0 Å². The molecule has 2 aromatic rings. The summed E-state index contributed by atoms with van der Waals surface area (Å²) in [5, 5.41) is 0. The Hall–Kier alpha value is -1.61. The van der Waals surface area contributed by atoms with Crippen LogP contribution in [0.25, 0.3) is 5.82 Å². The first-order chi connectivity index (χ1) is 9.66. The lowest BCUT2D eigenvalue weighted by Crippen LogP contribution is -2.29. The summed E-state index contributed by atoms with van der Waals surface area (Å²) in [7, 11) is 2.22. The van der Waals surface area contributed by atoms with Gasteiger partial charge in [0.15, 0.2) is 0 Å². The molecule has 0 aromatic carbocycles. The fourth-order valence-corrected chi connectivity index (χ4v) is 3.25. The van der Waals surface area contributed by atoms with Gasteiger partial charge in [0, 0.05) is 23.6 Å². The third-order valence-corrected chi connectivity index (χ3v) is 4.43. The number of nitrogens with zero attached hydrogens (tertiary/aromatic N) is 3. The number of rotatable bonds is 2. The maximum atomic E-state index is 4.69. The van der Waals surface area contributed by atoms with Gasteiger partial charge in [0.05, 0.1) is 0 Å². The van der Waals surface area contributed by atoms with Gasteiger partial charge in [0.2, 0.25) is 0 Å². The molecular formula is C17H23N3. The SMILES string of the molecule is Cc1ccc(C)n1-c1ccc(C2CCCCN2C)cn1. The van der Waals surface area contributed by atoms with Crippen molar-refractivity contribution in [3.63, 3.8) is 0 Å². The molecule has 0 bridgehead atoms. The Morgan fingerprint density at radius 2 is 1.80 bits per heavy atom. The zero-order valence-electron chi connectivity index (χ0n) is 12.6. The molecule has 1 fully saturated rings. The maximum absolute atomic E-state index is 4.69. The largest absolute Gasteiger partial charge is 0.303 e. The summed E-state index contributed by atoms with van der Waals surface area (Å²) < 4.78 is 2.20. The number of pyridine rings is 1. The second kappa shape index (κ2) is 5.41. The standard InChI is InChI=1S/C17H23N3/c1-13-7-8-14(2)20(13)17-10-9-15(12-18-17)16-6-4-5-11-19(16)3/h7-10,12,16H,4-6,11H2,1-3H3. The van der Waals surface area contributed by atoms with Crippen molar-refractivity contribution in [1.29, 1.82) is 0 Å². The van der Waals surface area contributed by atoms with E-state index in [4.69, 9.17) is 0 Å². The number of aromatic nitrogens is 2. The Morgan fingerprint density at radius 1 is 1.05 bits per heavy atom. The summed E-state index contributed by atoms with van der Waals surface area (Å²) in [4.78, 5) is 7.14. The summed E-state index contributed by atoms with van der Waals surface area (Å²) >= 11 is 0. The molecule has 3 heterocycles. The van der Waals surface area contributed by atoms with Crippen LogP contribution < -0.4 is 0 Å². The monoisotopic (exact) mass is 269 g/mol. The third kappa shape index (κ3) is 2.38. The molecule has 1 unspecified atom stereocenters. The molecule has 1 saturated heterocycles. The zero-order valence-corrected chi connectivity index (χ0v) is 12.6. The Kier molecular flexibility index (Phi) is 3.62. The van der Waals surface area contributed by atoms with E-state index in [-0.39, 0.29) is 0 Å². The Morgan fingerprint density at radius 3 is 2.40 bits per heavy atom. The van der Waals surface area contributed by atoms with Crippen molar-refractivity contribution >= 4 is 0 Å². The average molecular weight is 269 g/mol. The first-order valence-electron chi connectivity index (χ1n) is 7.48. The van der Waals surface area contributed by atoms with Gasteiger partial charge in [0.25, 0.3) is 0 Å². The van der Waals surface area contributed by atoms with Crippen LogP contribution in [0.5, 0.6) is 0 Å². The van der Waals surface area contributed by atoms with Gasteiger partial charge in [-0.15, -0.1) is 0 Å². The summed E-state index contributed by atoms with van der Waals surface area (Å²) in [6, 6.07) is 9.21. The van der Waals surface area contributed by atoms with Crippen molar-refractivity contribution in [2.24, 2.45) is 0 Å². The fraction of sp³-hybridized carbons (Fsp3) is 0.471. The first-order valence-corrected chi connectivity index (χ1v) is 7.48. The van der Waals surface area contributed by atoms with E-state index < -0.39 is 0 Å². The molecule has 0 aliphatic carbocycles. The molecule has 3 rings (SSSR count). The smallest absolute Gasteiger partial charge is 0.136 e. The van der Waals surface area contributed by atoms with Crippen LogP contribution in [0.15, 0.2) is 30.5 Å². The van der Waals surface area contributed by atoms with E-state index in [1.165, 1.54) is 42.8 Å². The molecule has 1 atom stereocenters. The molecule has 3 nitrogen and oxygen atoms in total. The van der Waals surface area contributed by atoms with Gasteiger partial charge in [-0.25, -0.2) is 4.98 Å². The van der Waals surface area contributed by atoms with Gasteiger partial charge in [-0.3, -0.25) is 4.90 Å². The Labute approximate surface area is 121 Å². The maximum Gasteiger partial charge on any atom is 0.136 e. The Bertz CT molecular complexity index is 563. The van der Waals surface area contributed by atoms with Crippen molar-refractivity contribution in [3.05, 3.63) is 47.4 Å². The van der Waals surface area contributed by atoms with Gasteiger partial charge in [-0.2, -0.15) is 0 Å². The highest BCUT2D eigenvalue weighted by atomic mass is 15.1. The average Bonchev–Trinajstić information content (AvgIpc) is 2.79. The Balaban J connectivity index is 1.88. The van der Waals surface area contributed by atoms with Gasteiger partial charge in [0.1, 0.15) is 5.82 Å². The quantitative estimate of drug-likeness (QED) is 0.830. The normalized spacial score (nSPS) is 20.2. The molecule has 0 spiro atoms. The molecule has 0 N–H and O–H groups in total. The number of hydrogen-bond acceptors (Lipinski definition) is 2. The summed E-state index contributed by atoms with van der Waals surface area (Å²) in [5.74, 6) is 1.02. The minimum Gasteiger partial charge on any atom is -0.303 e. The molecule has 2 aromatic heterocycles.